The van der Waals surface area contributed by atoms with Crippen LogP contribution in [-0.2, 0) is 5.75 Å². The minimum absolute atomic E-state index is 0.168. The van der Waals surface area contributed by atoms with Crippen molar-refractivity contribution < 1.29 is 4.39 Å². The lowest BCUT2D eigenvalue weighted by Crippen LogP contribution is -2.22. The van der Waals surface area contributed by atoms with Crippen LogP contribution in [0.15, 0.2) is 76.8 Å². The zero-order chi connectivity index (χ0) is 18.8. The number of halogens is 1. The maximum Gasteiger partial charge on any atom is 0.267 e. The van der Waals surface area contributed by atoms with Crippen LogP contribution in [0.2, 0.25) is 0 Å². The average molecular weight is 377 g/mol. The highest BCUT2D eigenvalue weighted by molar-refractivity contribution is 7.98. The van der Waals surface area contributed by atoms with Crippen molar-refractivity contribution in [3.8, 4) is 5.82 Å². The summed E-state index contributed by atoms with van der Waals surface area (Å²) >= 11 is 1.38. The standard InChI is InChI=1S/C21H16FN3OS/c1-14-9-10-19(23-12-14)25-20(26)17-7-2-3-8-18(17)24-21(25)27-13-15-5-4-6-16(22)11-15/h2-12H,13H2,1H3. The molecule has 2 aromatic heterocycles. The number of benzene rings is 2. The molecule has 0 saturated heterocycles. The van der Waals surface area contributed by atoms with Gasteiger partial charge in [-0.3, -0.25) is 4.79 Å². The molecular formula is C21H16FN3OS. The third-order valence-electron chi connectivity index (χ3n) is 4.13. The van der Waals surface area contributed by atoms with E-state index in [0.29, 0.717) is 27.6 Å². The van der Waals surface area contributed by atoms with E-state index >= 15 is 0 Å². The van der Waals surface area contributed by atoms with Crippen molar-refractivity contribution in [2.45, 2.75) is 17.8 Å². The molecule has 0 unspecified atom stereocenters. The van der Waals surface area contributed by atoms with Gasteiger partial charge in [-0.05, 0) is 48.4 Å². The fourth-order valence-electron chi connectivity index (χ4n) is 2.78. The Morgan fingerprint density at radius 3 is 2.70 bits per heavy atom. The van der Waals surface area contributed by atoms with Gasteiger partial charge in [0.25, 0.3) is 5.56 Å². The maximum absolute atomic E-state index is 13.5. The largest absolute Gasteiger partial charge is 0.268 e. The highest BCUT2D eigenvalue weighted by Gasteiger charge is 2.14. The summed E-state index contributed by atoms with van der Waals surface area (Å²) < 4.78 is 15.0. The molecule has 134 valence electrons. The van der Waals surface area contributed by atoms with Gasteiger partial charge in [-0.1, -0.05) is 42.1 Å². The molecule has 0 aliphatic carbocycles. The van der Waals surface area contributed by atoms with Crippen LogP contribution in [0.1, 0.15) is 11.1 Å². The predicted octanol–water partition coefficient (Wildman–Crippen LogP) is 4.52. The van der Waals surface area contributed by atoms with Crippen molar-refractivity contribution in [2.24, 2.45) is 0 Å². The van der Waals surface area contributed by atoms with E-state index in [9.17, 15) is 9.18 Å². The molecule has 0 aliphatic heterocycles. The van der Waals surface area contributed by atoms with Crippen molar-refractivity contribution >= 4 is 22.7 Å². The van der Waals surface area contributed by atoms with Gasteiger partial charge in [-0.15, -0.1) is 0 Å². The van der Waals surface area contributed by atoms with Crippen molar-refractivity contribution in [3.63, 3.8) is 0 Å². The number of nitrogens with zero attached hydrogens (tertiary/aromatic N) is 3. The summed E-state index contributed by atoms with van der Waals surface area (Å²) in [6.07, 6.45) is 1.72. The SMILES string of the molecule is Cc1ccc(-n2c(SCc3cccc(F)c3)nc3ccccc3c2=O)nc1. The molecule has 2 heterocycles. The first-order valence-corrected chi connectivity index (χ1v) is 9.42. The molecule has 27 heavy (non-hydrogen) atoms. The summed E-state index contributed by atoms with van der Waals surface area (Å²) in [6, 6.07) is 17.4. The molecule has 4 nitrogen and oxygen atoms in total. The van der Waals surface area contributed by atoms with E-state index < -0.39 is 0 Å². The third-order valence-corrected chi connectivity index (χ3v) is 5.14. The Morgan fingerprint density at radius 1 is 1.07 bits per heavy atom. The van der Waals surface area contributed by atoms with Crippen molar-refractivity contribution in [1.29, 1.82) is 0 Å². The van der Waals surface area contributed by atoms with Crippen LogP contribution in [-0.4, -0.2) is 14.5 Å². The molecule has 0 aliphatic rings. The minimum atomic E-state index is -0.280. The van der Waals surface area contributed by atoms with Gasteiger partial charge in [-0.2, -0.15) is 0 Å². The van der Waals surface area contributed by atoms with Gasteiger partial charge in [0.05, 0.1) is 10.9 Å². The summed E-state index contributed by atoms with van der Waals surface area (Å²) in [7, 11) is 0. The Labute approximate surface area is 159 Å². The van der Waals surface area contributed by atoms with Crippen LogP contribution < -0.4 is 5.56 Å². The van der Waals surface area contributed by atoms with E-state index in [1.165, 1.54) is 28.5 Å². The minimum Gasteiger partial charge on any atom is -0.268 e. The van der Waals surface area contributed by atoms with Crippen LogP contribution >= 0.6 is 11.8 Å². The number of fused-ring (bicyclic) bond motifs is 1. The summed E-state index contributed by atoms with van der Waals surface area (Å²) in [5, 5.41) is 1.06. The summed E-state index contributed by atoms with van der Waals surface area (Å²) in [6.45, 7) is 1.94. The van der Waals surface area contributed by atoms with E-state index in [1.54, 1.807) is 24.4 Å². The molecule has 0 bridgehead atoms. The van der Waals surface area contributed by atoms with Crippen molar-refractivity contribution in [3.05, 3.63) is 94.2 Å². The molecular weight excluding hydrogens is 361 g/mol. The van der Waals surface area contributed by atoms with Crippen molar-refractivity contribution in [2.75, 3.05) is 0 Å². The predicted molar refractivity (Wildman–Crippen MR) is 106 cm³/mol. The van der Waals surface area contributed by atoms with Crippen LogP contribution in [0.3, 0.4) is 0 Å². The molecule has 6 heteroatoms. The second kappa shape index (κ2) is 7.32. The molecule has 0 saturated carbocycles. The normalized spacial score (nSPS) is 11.0. The average Bonchev–Trinajstić information content (AvgIpc) is 2.68. The van der Waals surface area contributed by atoms with E-state index in [0.717, 1.165) is 11.1 Å². The lowest BCUT2D eigenvalue weighted by Gasteiger charge is -2.12. The number of hydrogen-bond acceptors (Lipinski definition) is 4. The molecule has 2 aromatic carbocycles. The molecule has 0 fully saturated rings. The Hall–Kier alpha value is -2.99. The van der Waals surface area contributed by atoms with Gasteiger partial charge >= 0.3 is 0 Å². The quantitative estimate of drug-likeness (QED) is 0.387. The first kappa shape index (κ1) is 17.4. The number of hydrogen-bond donors (Lipinski definition) is 0. The van der Waals surface area contributed by atoms with Gasteiger partial charge < -0.3 is 0 Å². The van der Waals surface area contributed by atoms with Gasteiger partial charge in [0, 0.05) is 11.9 Å². The molecule has 4 rings (SSSR count). The van der Waals surface area contributed by atoms with E-state index in [4.69, 9.17) is 0 Å². The zero-order valence-corrected chi connectivity index (χ0v) is 15.4. The molecule has 0 N–H and O–H groups in total. The van der Waals surface area contributed by atoms with Gasteiger partial charge in [0.15, 0.2) is 5.16 Å². The van der Waals surface area contributed by atoms with E-state index in [1.807, 2.05) is 37.3 Å². The number of rotatable bonds is 4. The third kappa shape index (κ3) is 3.61. The van der Waals surface area contributed by atoms with Crippen LogP contribution in [0.25, 0.3) is 16.7 Å². The number of aryl methyl sites for hydroxylation is 1. The number of para-hydroxylation sites is 1. The zero-order valence-electron chi connectivity index (χ0n) is 14.6. The summed E-state index contributed by atoms with van der Waals surface area (Å²) in [5.74, 6) is 0.733. The lowest BCUT2D eigenvalue weighted by atomic mass is 10.2. The van der Waals surface area contributed by atoms with E-state index in [-0.39, 0.29) is 11.4 Å². The summed E-state index contributed by atoms with van der Waals surface area (Å²) in [4.78, 5) is 22.2. The monoisotopic (exact) mass is 377 g/mol. The highest BCUT2D eigenvalue weighted by atomic mass is 32.2. The van der Waals surface area contributed by atoms with Crippen molar-refractivity contribution in [1.82, 2.24) is 14.5 Å². The fraction of sp³-hybridized carbons (Fsp3) is 0.0952. The number of pyridine rings is 1. The second-order valence-corrected chi connectivity index (χ2v) is 7.11. The molecule has 4 aromatic rings. The molecule has 0 atom stereocenters. The fourth-order valence-corrected chi connectivity index (χ4v) is 3.72. The molecule has 0 spiro atoms. The van der Waals surface area contributed by atoms with Crippen LogP contribution in [0.5, 0.6) is 0 Å². The lowest BCUT2D eigenvalue weighted by molar-refractivity contribution is 0.626. The van der Waals surface area contributed by atoms with Gasteiger partial charge in [0.1, 0.15) is 11.6 Å². The molecule has 0 radical (unpaired) electrons. The topological polar surface area (TPSA) is 47.8 Å². The van der Waals surface area contributed by atoms with E-state index in [2.05, 4.69) is 9.97 Å². The Bertz CT molecular complexity index is 1170. The Morgan fingerprint density at radius 2 is 1.93 bits per heavy atom. The first-order valence-electron chi connectivity index (χ1n) is 8.44. The highest BCUT2D eigenvalue weighted by Crippen LogP contribution is 2.24. The second-order valence-electron chi connectivity index (χ2n) is 6.16. The number of thioether (sulfide) groups is 1. The van der Waals surface area contributed by atoms with Gasteiger partial charge in [-0.25, -0.2) is 18.9 Å². The van der Waals surface area contributed by atoms with Gasteiger partial charge in [0.2, 0.25) is 0 Å². The van der Waals surface area contributed by atoms with Crippen LogP contribution in [0.4, 0.5) is 4.39 Å². The first-order chi connectivity index (χ1) is 13.1. The van der Waals surface area contributed by atoms with Crippen LogP contribution in [0, 0.1) is 12.7 Å². The Kier molecular flexibility index (Phi) is 4.73. The smallest absolute Gasteiger partial charge is 0.267 e. The number of aromatic nitrogens is 3. The molecule has 0 amide bonds. The summed E-state index contributed by atoms with van der Waals surface area (Å²) in [5.41, 5.74) is 2.30. The maximum atomic E-state index is 13.5. The Balaban J connectivity index is 1.83.